The Bertz CT molecular complexity index is 805. The van der Waals surface area contributed by atoms with Crippen LogP contribution in [0.2, 0.25) is 0 Å². The lowest BCUT2D eigenvalue weighted by atomic mass is 10.2. The Balaban J connectivity index is 1.90. The second-order valence-electron chi connectivity index (χ2n) is 5.74. The molecule has 2 aromatic carbocycles. The molecule has 0 aliphatic rings. The van der Waals surface area contributed by atoms with E-state index in [1.165, 1.54) is 22.5 Å². The van der Waals surface area contributed by atoms with Crippen molar-refractivity contribution in [2.75, 3.05) is 31.9 Å². The van der Waals surface area contributed by atoms with Crippen molar-refractivity contribution in [3.05, 3.63) is 60.2 Å². The number of carbonyl (C=O) groups is 1. The first-order valence-electron chi connectivity index (χ1n) is 7.72. The van der Waals surface area contributed by atoms with E-state index in [1.807, 2.05) is 30.3 Å². The van der Waals surface area contributed by atoms with E-state index in [-0.39, 0.29) is 19.1 Å². The molecular formula is C18H22N2O4S. The summed E-state index contributed by atoms with van der Waals surface area (Å²) >= 11 is 0. The van der Waals surface area contributed by atoms with Crippen molar-refractivity contribution < 1.29 is 17.9 Å². The molecule has 0 unspecified atom stereocenters. The van der Waals surface area contributed by atoms with E-state index in [0.29, 0.717) is 5.75 Å². The average Bonchev–Trinajstić information content (AvgIpc) is 2.60. The molecule has 7 heteroatoms. The number of ether oxygens (including phenoxy) is 1. The van der Waals surface area contributed by atoms with Crippen LogP contribution in [0.3, 0.4) is 0 Å². The van der Waals surface area contributed by atoms with Crippen LogP contribution >= 0.6 is 0 Å². The Morgan fingerprint density at radius 3 is 2.16 bits per heavy atom. The predicted molar refractivity (Wildman–Crippen MR) is 98.1 cm³/mol. The number of likely N-dealkylation sites (N-methyl/N-ethyl adjacent to an activating group) is 1. The predicted octanol–water partition coefficient (Wildman–Crippen LogP) is 2.12. The van der Waals surface area contributed by atoms with Crippen molar-refractivity contribution in [1.82, 2.24) is 4.31 Å². The van der Waals surface area contributed by atoms with Crippen molar-refractivity contribution in [1.29, 1.82) is 0 Å². The molecule has 0 fully saturated rings. The van der Waals surface area contributed by atoms with Crippen molar-refractivity contribution in [3.8, 4) is 5.75 Å². The summed E-state index contributed by atoms with van der Waals surface area (Å²) in [6.45, 7) is 0.211. The second-order valence-corrected chi connectivity index (χ2v) is 7.83. The highest BCUT2D eigenvalue weighted by atomic mass is 32.2. The van der Waals surface area contributed by atoms with Crippen molar-refractivity contribution in [2.45, 2.75) is 6.54 Å². The minimum atomic E-state index is -3.22. The molecule has 0 N–H and O–H groups in total. The Morgan fingerprint density at radius 1 is 1.00 bits per heavy atom. The lowest BCUT2D eigenvalue weighted by Crippen LogP contribution is -2.31. The Hall–Kier alpha value is -2.38. The summed E-state index contributed by atoms with van der Waals surface area (Å²) in [5, 5.41) is 0. The smallest absolute Gasteiger partial charge is 0.264 e. The zero-order valence-electron chi connectivity index (χ0n) is 14.5. The molecule has 0 radical (unpaired) electrons. The van der Waals surface area contributed by atoms with Gasteiger partial charge in [-0.1, -0.05) is 30.3 Å². The minimum Gasteiger partial charge on any atom is -0.484 e. The molecule has 2 aromatic rings. The fourth-order valence-electron chi connectivity index (χ4n) is 2.10. The first-order valence-corrected chi connectivity index (χ1v) is 9.57. The minimum absolute atomic E-state index is 0.0754. The monoisotopic (exact) mass is 362 g/mol. The van der Waals surface area contributed by atoms with E-state index in [0.717, 1.165) is 11.3 Å². The number of rotatable bonds is 7. The summed E-state index contributed by atoms with van der Waals surface area (Å²) in [5.74, 6) is 0.396. The number of hydrogen-bond donors (Lipinski definition) is 0. The van der Waals surface area contributed by atoms with Crippen molar-refractivity contribution >= 4 is 21.6 Å². The largest absolute Gasteiger partial charge is 0.484 e. The lowest BCUT2D eigenvalue weighted by Gasteiger charge is -2.17. The molecule has 1 amide bonds. The third-order valence-electron chi connectivity index (χ3n) is 3.77. The van der Waals surface area contributed by atoms with Gasteiger partial charge in [0.2, 0.25) is 10.0 Å². The zero-order chi connectivity index (χ0) is 18.4. The second kappa shape index (κ2) is 8.13. The maximum absolute atomic E-state index is 12.2. The third-order valence-corrected chi connectivity index (χ3v) is 5.04. The molecule has 0 bridgehead atoms. The van der Waals surface area contributed by atoms with Crippen LogP contribution in [0.4, 0.5) is 5.69 Å². The van der Waals surface area contributed by atoms with Gasteiger partial charge in [0.15, 0.2) is 6.61 Å². The van der Waals surface area contributed by atoms with Crippen molar-refractivity contribution in [2.24, 2.45) is 0 Å². The first kappa shape index (κ1) is 19.0. The highest BCUT2D eigenvalue weighted by molar-refractivity contribution is 7.88. The molecule has 0 spiro atoms. The summed E-state index contributed by atoms with van der Waals surface area (Å²) in [6.07, 6.45) is 1.17. The molecule has 25 heavy (non-hydrogen) atoms. The highest BCUT2D eigenvalue weighted by Gasteiger charge is 2.13. The fraction of sp³-hybridized carbons (Fsp3) is 0.278. The average molecular weight is 362 g/mol. The maximum atomic E-state index is 12.2. The van der Waals surface area contributed by atoms with Crippen LogP contribution in [-0.4, -0.2) is 45.6 Å². The number of anilines is 1. The first-order chi connectivity index (χ1) is 11.8. The SMILES string of the molecule is CN(C(=O)COc1ccc(CN(C)S(C)(=O)=O)cc1)c1ccccc1. The number of hydrogen-bond acceptors (Lipinski definition) is 4. The van der Waals surface area contributed by atoms with Gasteiger partial charge in [-0.25, -0.2) is 12.7 Å². The van der Waals surface area contributed by atoms with E-state index in [2.05, 4.69) is 0 Å². The summed E-state index contributed by atoms with van der Waals surface area (Å²) < 4.78 is 29.6. The number of amides is 1. The van der Waals surface area contributed by atoms with E-state index < -0.39 is 10.0 Å². The summed E-state index contributed by atoms with van der Waals surface area (Å²) in [5.41, 5.74) is 1.64. The van der Waals surface area contributed by atoms with Crippen LogP contribution in [0.5, 0.6) is 5.75 Å². The van der Waals surface area contributed by atoms with Crippen molar-refractivity contribution in [3.63, 3.8) is 0 Å². The van der Waals surface area contributed by atoms with Crippen LogP contribution in [0.1, 0.15) is 5.56 Å². The summed E-state index contributed by atoms with van der Waals surface area (Å²) in [4.78, 5) is 13.7. The molecule has 2 rings (SSSR count). The molecule has 0 saturated carbocycles. The topological polar surface area (TPSA) is 66.9 Å². The van der Waals surface area contributed by atoms with E-state index in [4.69, 9.17) is 4.74 Å². The van der Waals surface area contributed by atoms with Gasteiger partial charge in [0, 0.05) is 26.3 Å². The quantitative estimate of drug-likeness (QED) is 0.757. The zero-order valence-corrected chi connectivity index (χ0v) is 15.4. The lowest BCUT2D eigenvalue weighted by molar-refractivity contribution is -0.120. The highest BCUT2D eigenvalue weighted by Crippen LogP contribution is 2.15. The molecular weight excluding hydrogens is 340 g/mol. The number of benzene rings is 2. The van der Waals surface area contributed by atoms with Crippen LogP contribution < -0.4 is 9.64 Å². The maximum Gasteiger partial charge on any atom is 0.264 e. The van der Waals surface area contributed by atoms with Gasteiger partial charge in [-0.3, -0.25) is 4.79 Å². The van der Waals surface area contributed by atoms with Gasteiger partial charge in [-0.05, 0) is 29.8 Å². The van der Waals surface area contributed by atoms with Crippen LogP contribution in [0.25, 0.3) is 0 Å². The third kappa shape index (κ3) is 5.58. The van der Waals surface area contributed by atoms with E-state index in [1.54, 1.807) is 31.3 Å². The van der Waals surface area contributed by atoms with Crippen LogP contribution in [0, 0.1) is 0 Å². The van der Waals surface area contributed by atoms with Gasteiger partial charge in [0.25, 0.3) is 5.91 Å². The van der Waals surface area contributed by atoms with E-state index in [9.17, 15) is 13.2 Å². The molecule has 0 aliphatic carbocycles. The standard InChI is InChI=1S/C18H22N2O4S/c1-19(25(3,22)23)13-15-9-11-17(12-10-15)24-14-18(21)20(2)16-7-5-4-6-8-16/h4-12H,13-14H2,1-3H3. The molecule has 0 heterocycles. The van der Waals surface area contributed by atoms with Gasteiger partial charge in [0.1, 0.15) is 5.75 Å². The molecule has 134 valence electrons. The van der Waals surface area contributed by atoms with Crippen LogP contribution in [-0.2, 0) is 21.4 Å². The molecule has 0 saturated heterocycles. The van der Waals surface area contributed by atoms with Gasteiger partial charge in [-0.15, -0.1) is 0 Å². The Kier molecular flexibility index (Phi) is 6.17. The van der Waals surface area contributed by atoms with Gasteiger partial charge in [-0.2, -0.15) is 0 Å². The normalized spacial score (nSPS) is 11.4. The summed E-state index contributed by atoms with van der Waals surface area (Å²) in [7, 11) is 0.00857. The fourth-order valence-corrected chi connectivity index (χ4v) is 2.49. The summed E-state index contributed by atoms with van der Waals surface area (Å²) in [6, 6.07) is 16.3. The van der Waals surface area contributed by atoms with Gasteiger partial charge < -0.3 is 9.64 Å². The van der Waals surface area contributed by atoms with Crippen LogP contribution in [0.15, 0.2) is 54.6 Å². The van der Waals surface area contributed by atoms with Gasteiger partial charge in [0.05, 0.1) is 6.26 Å². The van der Waals surface area contributed by atoms with E-state index >= 15 is 0 Å². The number of carbonyl (C=O) groups excluding carboxylic acids is 1. The molecule has 0 aromatic heterocycles. The number of sulfonamides is 1. The number of para-hydroxylation sites is 1. The Morgan fingerprint density at radius 2 is 1.60 bits per heavy atom. The number of nitrogens with zero attached hydrogens (tertiary/aromatic N) is 2. The molecule has 0 atom stereocenters. The van der Waals surface area contributed by atoms with Gasteiger partial charge >= 0.3 is 0 Å². The molecule has 6 nitrogen and oxygen atoms in total. The Labute approximate surface area is 148 Å². The molecule has 0 aliphatic heterocycles.